The van der Waals surface area contributed by atoms with Gasteiger partial charge in [-0.15, -0.1) is 0 Å². The van der Waals surface area contributed by atoms with E-state index >= 15 is 0 Å². The Hall–Kier alpha value is -3.76. The molecule has 7 nitrogen and oxygen atoms in total. The average Bonchev–Trinajstić information content (AvgIpc) is 2.79. The van der Waals surface area contributed by atoms with E-state index in [-0.39, 0.29) is 5.69 Å². The number of nitrogens with one attached hydrogen (secondary N) is 4. The minimum atomic E-state index is -4.63. The van der Waals surface area contributed by atoms with Crippen LogP contribution in [0, 0.1) is 0 Å². The van der Waals surface area contributed by atoms with Crippen molar-refractivity contribution in [2.24, 2.45) is 0 Å². The number of alkyl halides is 3. The molecule has 0 unspecified atom stereocenters. The van der Waals surface area contributed by atoms with Gasteiger partial charge in [0.1, 0.15) is 0 Å². The molecule has 0 aliphatic carbocycles. The van der Waals surface area contributed by atoms with Gasteiger partial charge < -0.3 is 16.0 Å². The van der Waals surface area contributed by atoms with E-state index in [1.165, 1.54) is 6.07 Å². The van der Waals surface area contributed by atoms with E-state index in [1.807, 2.05) is 0 Å². The van der Waals surface area contributed by atoms with Crippen LogP contribution in [0.25, 0.3) is 0 Å². The normalized spacial score (nSPS) is 10.9. The van der Waals surface area contributed by atoms with Crippen LogP contribution in [0.2, 0.25) is 5.02 Å². The lowest BCUT2D eigenvalue weighted by Gasteiger charge is -2.13. The molecular formula is C22H18ClF3N4O3. The molecule has 33 heavy (non-hydrogen) atoms. The molecule has 0 fully saturated rings. The number of halogens is 4. The summed E-state index contributed by atoms with van der Waals surface area (Å²) in [5.41, 5.74) is 2.88. The third-order valence-electron chi connectivity index (χ3n) is 4.49. The summed E-state index contributed by atoms with van der Waals surface area (Å²) in [6.07, 6.45) is -4.63. The molecule has 11 heteroatoms. The molecular weight excluding hydrogens is 461 g/mol. The lowest BCUT2D eigenvalue weighted by atomic mass is 10.1. The number of amides is 3. The minimum Gasteiger partial charge on any atom is -0.381 e. The largest absolute Gasteiger partial charge is 0.417 e. The molecule has 0 saturated carbocycles. The number of carbonyl (C=O) groups is 2. The molecule has 3 rings (SSSR count). The lowest BCUT2D eigenvalue weighted by molar-refractivity contribution is -0.137. The predicted molar refractivity (Wildman–Crippen MR) is 119 cm³/mol. The van der Waals surface area contributed by atoms with Crippen LogP contribution in [0.15, 0.2) is 66.7 Å². The zero-order valence-electron chi connectivity index (χ0n) is 16.8. The van der Waals surface area contributed by atoms with Crippen molar-refractivity contribution >= 4 is 40.6 Å². The first-order valence-corrected chi connectivity index (χ1v) is 9.85. The maximum absolute atomic E-state index is 12.9. The van der Waals surface area contributed by atoms with Crippen molar-refractivity contribution in [2.75, 3.05) is 16.0 Å². The van der Waals surface area contributed by atoms with Crippen molar-refractivity contribution in [3.05, 3.63) is 88.4 Å². The van der Waals surface area contributed by atoms with Gasteiger partial charge in [0, 0.05) is 29.2 Å². The Morgan fingerprint density at radius 3 is 2.03 bits per heavy atom. The summed E-state index contributed by atoms with van der Waals surface area (Å²) in [5, 5.41) is 16.2. The van der Waals surface area contributed by atoms with Crippen LogP contribution in [0.5, 0.6) is 0 Å². The molecule has 0 aliphatic heterocycles. The summed E-state index contributed by atoms with van der Waals surface area (Å²) in [7, 11) is 0. The van der Waals surface area contributed by atoms with Crippen molar-refractivity contribution in [3.8, 4) is 0 Å². The first kappa shape index (κ1) is 23.9. The van der Waals surface area contributed by atoms with Crippen LogP contribution in [0.4, 0.5) is 35.0 Å². The first-order valence-electron chi connectivity index (χ1n) is 9.48. The van der Waals surface area contributed by atoms with Crippen LogP contribution in [0.3, 0.4) is 0 Å². The predicted octanol–water partition coefficient (Wildman–Crippen LogP) is 5.73. The Morgan fingerprint density at radius 1 is 0.848 bits per heavy atom. The second kappa shape index (κ2) is 10.2. The fourth-order valence-electron chi connectivity index (χ4n) is 2.83. The van der Waals surface area contributed by atoms with E-state index in [1.54, 1.807) is 54.0 Å². The molecule has 0 spiro atoms. The molecule has 0 aromatic heterocycles. The smallest absolute Gasteiger partial charge is 0.381 e. The Bertz CT molecular complexity index is 1140. The van der Waals surface area contributed by atoms with Crippen LogP contribution in [0.1, 0.15) is 21.5 Å². The fourth-order valence-corrected chi connectivity index (χ4v) is 3.05. The zero-order chi connectivity index (χ0) is 24.0. The zero-order valence-corrected chi connectivity index (χ0v) is 17.6. The van der Waals surface area contributed by atoms with Gasteiger partial charge in [-0.25, -0.2) is 10.3 Å². The summed E-state index contributed by atoms with van der Waals surface area (Å²) >= 11 is 5.57. The lowest BCUT2D eigenvalue weighted by Crippen LogP contribution is -2.20. The fraction of sp³-hybridized carbons (Fsp3) is 0.0909. The average molecular weight is 479 g/mol. The van der Waals surface area contributed by atoms with Gasteiger partial charge in [0.05, 0.1) is 10.6 Å². The molecule has 3 amide bonds. The summed E-state index contributed by atoms with van der Waals surface area (Å²) < 4.78 is 38.8. The summed E-state index contributed by atoms with van der Waals surface area (Å²) in [6, 6.07) is 15.7. The van der Waals surface area contributed by atoms with Crippen molar-refractivity contribution in [1.82, 2.24) is 5.48 Å². The van der Waals surface area contributed by atoms with Gasteiger partial charge in [0.2, 0.25) is 0 Å². The highest BCUT2D eigenvalue weighted by Crippen LogP contribution is 2.36. The van der Waals surface area contributed by atoms with E-state index in [0.717, 1.165) is 23.4 Å². The molecule has 0 bridgehead atoms. The van der Waals surface area contributed by atoms with Crippen LogP contribution in [-0.4, -0.2) is 17.1 Å². The van der Waals surface area contributed by atoms with Crippen LogP contribution < -0.4 is 21.4 Å². The van der Waals surface area contributed by atoms with Crippen molar-refractivity contribution in [3.63, 3.8) is 0 Å². The maximum Gasteiger partial charge on any atom is 0.417 e. The number of anilines is 3. The highest BCUT2D eigenvalue weighted by Gasteiger charge is 2.33. The molecule has 5 N–H and O–H groups in total. The number of hydrogen-bond donors (Lipinski definition) is 5. The Balaban J connectivity index is 1.54. The van der Waals surface area contributed by atoms with Gasteiger partial charge in [-0.05, 0) is 60.2 Å². The third-order valence-corrected chi connectivity index (χ3v) is 4.82. The topological polar surface area (TPSA) is 102 Å². The number of urea groups is 1. The number of carbonyl (C=O) groups excluding carboxylic acids is 2. The third kappa shape index (κ3) is 6.61. The number of benzene rings is 3. The number of hydrogen-bond acceptors (Lipinski definition) is 4. The van der Waals surface area contributed by atoms with Crippen LogP contribution in [-0.2, 0) is 12.7 Å². The summed E-state index contributed by atoms with van der Waals surface area (Å²) in [6.45, 7) is 0.465. The molecule has 172 valence electrons. The molecule has 3 aromatic rings. The highest BCUT2D eigenvalue weighted by atomic mass is 35.5. The van der Waals surface area contributed by atoms with Gasteiger partial charge in [-0.2, -0.15) is 13.2 Å². The summed E-state index contributed by atoms with van der Waals surface area (Å²) in [4.78, 5) is 23.4. The van der Waals surface area contributed by atoms with E-state index in [9.17, 15) is 22.8 Å². The van der Waals surface area contributed by atoms with E-state index in [0.29, 0.717) is 17.8 Å². The standard InChI is InChI=1S/C22H18ClF3N4O3/c23-19-10-9-17(11-18(19)22(24,25)26)29-21(32)28-16-7-5-15(6-8-16)27-12-13-1-3-14(4-2-13)20(31)30-33/h1-11,27,33H,12H2,(H,30,31)(H2,28,29,32). The van der Waals surface area contributed by atoms with Crippen molar-refractivity contribution in [2.45, 2.75) is 12.7 Å². The van der Waals surface area contributed by atoms with Crippen molar-refractivity contribution in [1.29, 1.82) is 0 Å². The van der Waals surface area contributed by atoms with Gasteiger partial charge >= 0.3 is 12.2 Å². The van der Waals surface area contributed by atoms with Gasteiger partial charge in [-0.3, -0.25) is 10.0 Å². The molecule has 0 aliphatic rings. The molecule has 0 saturated heterocycles. The molecule has 0 atom stereocenters. The van der Waals surface area contributed by atoms with E-state index in [4.69, 9.17) is 16.8 Å². The second-order valence-corrected chi connectivity index (χ2v) is 7.25. The van der Waals surface area contributed by atoms with E-state index in [2.05, 4.69) is 16.0 Å². The monoisotopic (exact) mass is 478 g/mol. The Kier molecular flexibility index (Phi) is 7.41. The SMILES string of the molecule is O=C(Nc1ccc(NCc2ccc(C(=O)NO)cc2)cc1)Nc1ccc(Cl)c(C(F)(F)F)c1. The number of hydroxylamine groups is 1. The molecule has 0 radical (unpaired) electrons. The maximum atomic E-state index is 12.9. The molecule has 0 heterocycles. The van der Waals surface area contributed by atoms with Gasteiger partial charge in [0.15, 0.2) is 0 Å². The van der Waals surface area contributed by atoms with Crippen LogP contribution >= 0.6 is 11.6 Å². The Labute approximate surface area is 191 Å². The number of rotatable bonds is 6. The van der Waals surface area contributed by atoms with E-state index < -0.39 is 28.7 Å². The van der Waals surface area contributed by atoms with Crippen molar-refractivity contribution < 1.29 is 28.0 Å². The minimum absolute atomic E-state index is 0.0509. The quantitative estimate of drug-likeness (QED) is 0.230. The summed E-state index contributed by atoms with van der Waals surface area (Å²) in [5.74, 6) is -0.599. The first-order chi connectivity index (χ1) is 15.7. The highest BCUT2D eigenvalue weighted by molar-refractivity contribution is 6.31. The second-order valence-electron chi connectivity index (χ2n) is 6.84. The molecule has 3 aromatic carbocycles. The van der Waals surface area contributed by atoms with Gasteiger partial charge in [-0.1, -0.05) is 23.7 Å². The van der Waals surface area contributed by atoms with Gasteiger partial charge in [0.25, 0.3) is 5.91 Å². The Morgan fingerprint density at radius 2 is 1.42 bits per heavy atom.